The van der Waals surface area contributed by atoms with Crippen LogP contribution in [0, 0.1) is 0 Å². The monoisotopic (exact) mass is 228 g/mol. The first-order valence-corrected chi connectivity index (χ1v) is 5.66. The van der Waals surface area contributed by atoms with Crippen molar-refractivity contribution >= 4 is 18.7 Å². The molecule has 1 unspecified atom stereocenters. The summed E-state index contributed by atoms with van der Waals surface area (Å²) in [5.74, 6) is 0.840. The van der Waals surface area contributed by atoms with Crippen LogP contribution in [0.3, 0.4) is 0 Å². The van der Waals surface area contributed by atoms with Crippen LogP contribution in [0.4, 0.5) is 0 Å². The van der Waals surface area contributed by atoms with Crippen LogP contribution in [-0.4, -0.2) is 45.1 Å². The molecule has 3 nitrogen and oxygen atoms in total. The summed E-state index contributed by atoms with van der Waals surface area (Å²) >= 11 is 0. The molecule has 0 saturated heterocycles. The molecule has 4 heteroatoms. The van der Waals surface area contributed by atoms with Crippen LogP contribution < -0.4 is 4.74 Å². The van der Waals surface area contributed by atoms with E-state index in [1.165, 1.54) is 0 Å². The molecule has 0 aliphatic rings. The van der Waals surface area contributed by atoms with Gasteiger partial charge in [-0.05, 0) is 38.4 Å². The predicted octanol–water partition coefficient (Wildman–Crippen LogP) is 1.88. The Balaban J connectivity index is 2.36. The van der Waals surface area contributed by atoms with Crippen LogP contribution in [-0.2, 0) is 0 Å². The van der Waals surface area contributed by atoms with Gasteiger partial charge in [0.25, 0.3) is 0 Å². The smallest absolute Gasteiger partial charge is 0.119 e. The highest BCUT2D eigenvalue weighted by molar-refractivity contribution is 6.11. The number of likely N-dealkylation sites (N-methyl/N-ethyl adjacent to an activating group) is 1. The maximum absolute atomic E-state index is 6.17. The number of benzene rings is 1. The normalized spacial score (nSPS) is 13.2. The second-order valence-electron chi connectivity index (χ2n) is 4.48. The van der Waals surface area contributed by atoms with Crippen LogP contribution in [0.1, 0.15) is 5.94 Å². The third-order valence-electron chi connectivity index (χ3n) is 2.84. The number of hydrogen-bond acceptors (Lipinski definition) is 2. The number of rotatable bonds is 4. The summed E-state index contributed by atoms with van der Waals surface area (Å²) in [6, 6.07) is 8.09. The quantitative estimate of drug-likeness (QED) is 0.743. The Labute approximate surface area is 103 Å². The summed E-state index contributed by atoms with van der Waals surface area (Å²) in [5.41, 5.74) is 1.14. The molecule has 0 amide bonds. The minimum absolute atomic E-state index is 0.0316. The van der Waals surface area contributed by atoms with Crippen LogP contribution >= 0.6 is 0 Å². The van der Waals surface area contributed by atoms with Crippen LogP contribution in [0.15, 0.2) is 30.5 Å². The maximum Gasteiger partial charge on any atom is 0.119 e. The second-order valence-corrected chi connectivity index (χ2v) is 4.48. The van der Waals surface area contributed by atoms with Gasteiger partial charge in [0.15, 0.2) is 0 Å². The molecular formula is C13H17BN2O. The Morgan fingerprint density at radius 3 is 2.76 bits per heavy atom. The lowest BCUT2D eigenvalue weighted by molar-refractivity contribution is 0.377. The summed E-state index contributed by atoms with van der Waals surface area (Å²) in [6.07, 6.45) is 2.03. The Morgan fingerprint density at radius 1 is 1.35 bits per heavy atom. The molecule has 0 aliphatic heterocycles. The van der Waals surface area contributed by atoms with E-state index in [9.17, 15) is 0 Å². The van der Waals surface area contributed by atoms with E-state index in [0.717, 1.165) is 23.2 Å². The van der Waals surface area contributed by atoms with Gasteiger partial charge in [0, 0.05) is 29.6 Å². The van der Waals surface area contributed by atoms with Gasteiger partial charge < -0.3 is 14.2 Å². The van der Waals surface area contributed by atoms with E-state index in [1.807, 2.05) is 38.5 Å². The zero-order chi connectivity index (χ0) is 12.4. The topological polar surface area (TPSA) is 17.4 Å². The van der Waals surface area contributed by atoms with Crippen LogP contribution in [0.5, 0.6) is 5.75 Å². The van der Waals surface area contributed by atoms with Gasteiger partial charge in [0.1, 0.15) is 13.6 Å². The van der Waals surface area contributed by atoms with Gasteiger partial charge in [0.2, 0.25) is 0 Å². The van der Waals surface area contributed by atoms with E-state index >= 15 is 0 Å². The number of hydrogen-bond donors (Lipinski definition) is 0. The number of aromatic nitrogens is 1. The van der Waals surface area contributed by atoms with E-state index in [2.05, 4.69) is 15.5 Å². The Bertz CT molecular complexity index is 507. The van der Waals surface area contributed by atoms with E-state index in [-0.39, 0.29) is 5.94 Å². The van der Waals surface area contributed by atoms with Gasteiger partial charge in [-0.2, -0.15) is 0 Å². The fourth-order valence-electron chi connectivity index (χ4n) is 2.02. The van der Waals surface area contributed by atoms with Gasteiger partial charge in [-0.25, -0.2) is 0 Å². The summed E-state index contributed by atoms with van der Waals surface area (Å²) in [5, 5.41) is 1.15. The average Bonchev–Trinajstić information content (AvgIpc) is 2.70. The van der Waals surface area contributed by atoms with Crippen molar-refractivity contribution in [3.8, 4) is 5.75 Å². The highest BCUT2D eigenvalue weighted by Gasteiger charge is 2.09. The zero-order valence-electron chi connectivity index (χ0n) is 10.6. The van der Waals surface area contributed by atoms with Crippen molar-refractivity contribution in [3.63, 3.8) is 0 Å². The molecule has 0 bridgehead atoms. The summed E-state index contributed by atoms with van der Waals surface area (Å²) in [7, 11) is 11.9. The first-order valence-electron chi connectivity index (χ1n) is 5.66. The van der Waals surface area contributed by atoms with E-state index in [1.54, 1.807) is 7.11 Å². The molecule has 1 aromatic heterocycles. The fourth-order valence-corrected chi connectivity index (χ4v) is 2.02. The molecule has 0 aliphatic carbocycles. The van der Waals surface area contributed by atoms with Crippen molar-refractivity contribution in [2.24, 2.45) is 0 Å². The molecule has 2 radical (unpaired) electrons. The first kappa shape index (κ1) is 12.1. The van der Waals surface area contributed by atoms with Gasteiger partial charge in [-0.15, -0.1) is 0 Å². The minimum atomic E-state index is -0.0316. The Kier molecular flexibility index (Phi) is 3.43. The van der Waals surface area contributed by atoms with E-state index < -0.39 is 0 Å². The van der Waals surface area contributed by atoms with Crippen molar-refractivity contribution in [2.45, 2.75) is 5.94 Å². The average molecular weight is 228 g/mol. The van der Waals surface area contributed by atoms with Gasteiger partial charge >= 0.3 is 0 Å². The van der Waals surface area contributed by atoms with Crippen LogP contribution in [0.2, 0.25) is 0 Å². The van der Waals surface area contributed by atoms with Crippen molar-refractivity contribution in [1.29, 1.82) is 0 Å². The zero-order valence-corrected chi connectivity index (χ0v) is 10.6. The van der Waals surface area contributed by atoms with Crippen molar-refractivity contribution in [3.05, 3.63) is 30.5 Å². The summed E-state index contributed by atoms with van der Waals surface area (Å²) in [6.45, 7) is 0.815. The fraction of sp³-hybridized carbons (Fsp3) is 0.385. The molecule has 1 heterocycles. The molecule has 0 spiro atoms. The summed E-state index contributed by atoms with van der Waals surface area (Å²) in [4.78, 5) is 2.08. The highest BCUT2D eigenvalue weighted by atomic mass is 16.5. The van der Waals surface area contributed by atoms with Crippen molar-refractivity contribution < 1.29 is 4.74 Å². The van der Waals surface area contributed by atoms with E-state index in [4.69, 9.17) is 12.6 Å². The van der Waals surface area contributed by atoms with Gasteiger partial charge in [-0.3, -0.25) is 0 Å². The highest BCUT2D eigenvalue weighted by Crippen LogP contribution is 2.23. The SMILES string of the molecule is [B]C(CN(C)C)n1ccc2cc(OC)ccc21. The third kappa shape index (κ3) is 2.47. The molecule has 0 N–H and O–H groups in total. The lowest BCUT2D eigenvalue weighted by Crippen LogP contribution is -2.24. The van der Waals surface area contributed by atoms with Crippen molar-refractivity contribution in [1.82, 2.24) is 9.47 Å². The number of fused-ring (bicyclic) bond motifs is 1. The molecular weight excluding hydrogens is 211 g/mol. The lowest BCUT2D eigenvalue weighted by Gasteiger charge is -2.20. The Hall–Kier alpha value is -1.42. The Morgan fingerprint density at radius 2 is 2.12 bits per heavy atom. The molecule has 0 saturated carbocycles. The molecule has 1 atom stereocenters. The maximum atomic E-state index is 6.17. The molecule has 17 heavy (non-hydrogen) atoms. The molecule has 88 valence electrons. The molecule has 2 rings (SSSR count). The number of ether oxygens (including phenoxy) is 1. The first-order chi connectivity index (χ1) is 8.11. The number of methoxy groups -OCH3 is 1. The second kappa shape index (κ2) is 4.84. The minimum Gasteiger partial charge on any atom is -0.497 e. The van der Waals surface area contributed by atoms with E-state index in [0.29, 0.717) is 0 Å². The van der Waals surface area contributed by atoms with Crippen molar-refractivity contribution in [2.75, 3.05) is 27.7 Å². The number of nitrogens with zero attached hydrogens (tertiary/aromatic N) is 2. The molecule has 2 aromatic rings. The lowest BCUT2D eigenvalue weighted by atomic mass is 9.95. The third-order valence-corrected chi connectivity index (χ3v) is 2.84. The van der Waals surface area contributed by atoms with Crippen LogP contribution in [0.25, 0.3) is 10.9 Å². The summed E-state index contributed by atoms with van der Waals surface area (Å²) < 4.78 is 7.30. The molecule has 1 aromatic carbocycles. The van der Waals surface area contributed by atoms with Gasteiger partial charge in [0.05, 0.1) is 7.11 Å². The predicted molar refractivity (Wildman–Crippen MR) is 71.8 cm³/mol. The largest absolute Gasteiger partial charge is 0.497 e. The van der Waals surface area contributed by atoms with Gasteiger partial charge in [-0.1, -0.05) is 0 Å². The standard InChI is InChI=1S/C13H17BN2O/c1-15(2)9-13(14)16-7-6-10-8-11(17-3)4-5-12(10)16/h4-8,13H,9H2,1-3H3. The molecule has 0 fully saturated rings.